The van der Waals surface area contributed by atoms with Crippen molar-refractivity contribution in [2.75, 3.05) is 5.32 Å². The quantitative estimate of drug-likeness (QED) is 0.792. The second kappa shape index (κ2) is 7.51. The molecule has 8 heteroatoms. The number of halogens is 1. The third kappa shape index (κ3) is 4.14. The molecule has 1 heterocycles. The molecule has 2 N–H and O–H groups in total. The van der Waals surface area contributed by atoms with Gasteiger partial charge in [0.15, 0.2) is 5.16 Å². The lowest BCUT2D eigenvalue weighted by Gasteiger charge is -2.12. The number of hydrogen-bond donors (Lipinski definition) is 2. The summed E-state index contributed by atoms with van der Waals surface area (Å²) in [5.41, 5.74) is 0.379. The Labute approximate surface area is 137 Å². The first-order valence-corrected chi connectivity index (χ1v) is 8.15. The number of carbonyl (C=O) groups is 1. The molecule has 1 aromatic carbocycles. The number of nitrogens with one attached hydrogen (secondary N) is 2. The van der Waals surface area contributed by atoms with E-state index in [0.717, 1.165) is 6.42 Å². The van der Waals surface area contributed by atoms with Crippen LogP contribution in [0.2, 0.25) is 5.02 Å². The lowest BCUT2D eigenvalue weighted by molar-refractivity contribution is -0.115. The van der Waals surface area contributed by atoms with E-state index in [-0.39, 0.29) is 11.6 Å². The van der Waals surface area contributed by atoms with Crippen LogP contribution in [0.25, 0.3) is 0 Å². The molecule has 0 spiro atoms. The van der Waals surface area contributed by atoms with Gasteiger partial charge >= 0.3 is 5.69 Å². The van der Waals surface area contributed by atoms with Crippen LogP contribution in [-0.2, 0) is 11.3 Å². The molecule has 0 aliphatic heterocycles. The summed E-state index contributed by atoms with van der Waals surface area (Å²) in [4.78, 5) is 23.8. The van der Waals surface area contributed by atoms with Crippen LogP contribution in [0.4, 0.5) is 5.69 Å². The minimum absolute atomic E-state index is 0.175. The number of nitrogens with zero attached hydrogens (tertiary/aromatic N) is 2. The van der Waals surface area contributed by atoms with E-state index in [4.69, 9.17) is 11.6 Å². The molecule has 1 amide bonds. The van der Waals surface area contributed by atoms with Gasteiger partial charge in [-0.25, -0.2) is 9.89 Å². The maximum absolute atomic E-state index is 12.2. The standard InChI is InChI=1S/C14H17ClN4O2S/c1-3-7-19-13(21)17-18-14(19)22-9(2)12(20)16-11-6-4-5-10(15)8-11/h4-6,8-9H,3,7H2,1-2H3,(H,16,20)(H,17,21)/t9-/m0/s1. The number of thioether (sulfide) groups is 1. The van der Waals surface area contributed by atoms with E-state index in [9.17, 15) is 9.59 Å². The molecule has 22 heavy (non-hydrogen) atoms. The van der Waals surface area contributed by atoms with Gasteiger partial charge in [-0.3, -0.25) is 9.36 Å². The van der Waals surface area contributed by atoms with Crippen LogP contribution in [0, 0.1) is 0 Å². The lowest BCUT2D eigenvalue weighted by Crippen LogP contribution is -2.24. The number of benzene rings is 1. The molecule has 0 saturated carbocycles. The lowest BCUT2D eigenvalue weighted by atomic mass is 10.3. The molecule has 0 unspecified atom stereocenters. The van der Waals surface area contributed by atoms with Gasteiger partial charge in [0, 0.05) is 17.3 Å². The van der Waals surface area contributed by atoms with Gasteiger partial charge in [0.1, 0.15) is 0 Å². The maximum atomic E-state index is 12.2. The monoisotopic (exact) mass is 340 g/mol. The van der Waals surface area contributed by atoms with Crippen LogP contribution in [0.5, 0.6) is 0 Å². The Hall–Kier alpha value is -1.73. The Balaban J connectivity index is 2.04. The second-order valence-electron chi connectivity index (χ2n) is 4.72. The van der Waals surface area contributed by atoms with Crippen LogP contribution in [-0.4, -0.2) is 25.9 Å². The molecule has 0 aliphatic carbocycles. The molecule has 0 aliphatic rings. The molecule has 1 aromatic heterocycles. The van der Waals surface area contributed by atoms with Crippen molar-refractivity contribution in [1.29, 1.82) is 0 Å². The average Bonchev–Trinajstić information content (AvgIpc) is 2.80. The summed E-state index contributed by atoms with van der Waals surface area (Å²) < 4.78 is 1.54. The van der Waals surface area contributed by atoms with Crippen molar-refractivity contribution in [2.24, 2.45) is 0 Å². The van der Waals surface area contributed by atoms with Crippen LogP contribution in [0.15, 0.2) is 34.2 Å². The molecule has 6 nitrogen and oxygen atoms in total. The predicted molar refractivity (Wildman–Crippen MR) is 88.5 cm³/mol. The Bertz CT molecular complexity index is 713. The summed E-state index contributed by atoms with van der Waals surface area (Å²) in [6.07, 6.45) is 0.816. The number of amides is 1. The fourth-order valence-corrected chi connectivity index (χ4v) is 2.91. The zero-order valence-corrected chi connectivity index (χ0v) is 13.9. The highest BCUT2D eigenvalue weighted by Crippen LogP contribution is 2.22. The van der Waals surface area contributed by atoms with Gasteiger partial charge in [-0.1, -0.05) is 36.4 Å². The topological polar surface area (TPSA) is 79.8 Å². The summed E-state index contributed by atoms with van der Waals surface area (Å²) in [6, 6.07) is 6.95. The minimum atomic E-state index is -0.398. The van der Waals surface area contributed by atoms with Gasteiger partial charge in [0.25, 0.3) is 0 Å². The largest absolute Gasteiger partial charge is 0.343 e. The van der Waals surface area contributed by atoms with E-state index in [1.807, 2.05) is 6.92 Å². The summed E-state index contributed by atoms with van der Waals surface area (Å²) in [7, 11) is 0. The molecule has 2 aromatic rings. The molecule has 0 radical (unpaired) electrons. The van der Waals surface area contributed by atoms with Gasteiger partial charge in [-0.2, -0.15) is 0 Å². The highest BCUT2D eigenvalue weighted by atomic mass is 35.5. The van der Waals surface area contributed by atoms with Gasteiger partial charge in [0.2, 0.25) is 5.91 Å². The van der Waals surface area contributed by atoms with Crippen molar-refractivity contribution < 1.29 is 4.79 Å². The first kappa shape index (κ1) is 16.6. The Morgan fingerprint density at radius 2 is 2.32 bits per heavy atom. The number of carbonyl (C=O) groups excluding carboxylic acids is 1. The van der Waals surface area contributed by atoms with Crippen molar-refractivity contribution >= 4 is 35.0 Å². The fourth-order valence-electron chi connectivity index (χ4n) is 1.84. The molecular formula is C14H17ClN4O2S. The number of rotatable bonds is 6. The van der Waals surface area contributed by atoms with Crippen molar-refractivity contribution in [2.45, 2.75) is 37.2 Å². The number of aromatic amines is 1. The van der Waals surface area contributed by atoms with Crippen LogP contribution >= 0.6 is 23.4 Å². The van der Waals surface area contributed by atoms with E-state index in [0.29, 0.717) is 22.4 Å². The Morgan fingerprint density at radius 1 is 1.55 bits per heavy atom. The first-order valence-electron chi connectivity index (χ1n) is 6.89. The first-order chi connectivity index (χ1) is 10.5. The number of hydrogen-bond acceptors (Lipinski definition) is 4. The van der Waals surface area contributed by atoms with Crippen molar-refractivity contribution in [3.05, 3.63) is 39.8 Å². The fraction of sp³-hybridized carbons (Fsp3) is 0.357. The predicted octanol–water partition coefficient (Wildman–Crippen LogP) is 2.75. The summed E-state index contributed by atoms with van der Waals surface area (Å²) in [5.74, 6) is -0.175. The van der Waals surface area contributed by atoms with Gasteiger partial charge in [0.05, 0.1) is 5.25 Å². The average molecular weight is 341 g/mol. The van der Waals surface area contributed by atoms with Gasteiger partial charge < -0.3 is 5.32 Å². The van der Waals surface area contributed by atoms with Gasteiger partial charge in [-0.15, -0.1) is 5.10 Å². The third-order valence-electron chi connectivity index (χ3n) is 2.91. The Kier molecular flexibility index (Phi) is 5.68. The third-order valence-corrected chi connectivity index (χ3v) is 4.24. The van der Waals surface area contributed by atoms with Crippen molar-refractivity contribution in [3.63, 3.8) is 0 Å². The highest BCUT2D eigenvalue weighted by molar-refractivity contribution is 8.00. The zero-order valence-electron chi connectivity index (χ0n) is 12.3. The van der Waals surface area contributed by atoms with E-state index >= 15 is 0 Å². The van der Waals surface area contributed by atoms with Crippen LogP contribution in [0.1, 0.15) is 20.3 Å². The van der Waals surface area contributed by atoms with Crippen LogP contribution < -0.4 is 11.0 Å². The summed E-state index contributed by atoms with van der Waals surface area (Å²) in [6.45, 7) is 4.31. The van der Waals surface area contributed by atoms with Crippen molar-refractivity contribution in [1.82, 2.24) is 14.8 Å². The summed E-state index contributed by atoms with van der Waals surface area (Å²) >= 11 is 7.13. The number of aromatic nitrogens is 3. The van der Waals surface area contributed by atoms with Gasteiger partial charge in [-0.05, 0) is 31.5 Å². The number of H-pyrrole nitrogens is 1. The van der Waals surface area contributed by atoms with E-state index in [2.05, 4.69) is 15.5 Å². The Morgan fingerprint density at radius 3 is 3.00 bits per heavy atom. The summed E-state index contributed by atoms with van der Waals surface area (Å²) in [5, 5.41) is 9.84. The number of anilines is 1. The molecule has 0 bridgehead atoms. The smallest absolute Gasteiger partial charge is 0.325 e. The second-order valence-corrected chi connectivity index (χ2v) is 6.47. The van der Waals surface area contributed by atoms with Crippen LogP contribution in [0.3, 0.4) is 0 Å². The molecule has 0 fully saturated rings. The maximum Gasteiger partial charge on any atom is 0.343 e. The molecule has 118 valence electrons. The highest BCUT2D eigenvalue weighted by Gasteiger charge is 2.19. The zero-order chi connectivity index (χ0) is 16.1. The van der Waals surface area contributed by atoms with E-state index in [1.165, 1.54) is 16.3 Å². The molecule has 2 rings (SSSR count). The molecule has 1 atom stereocenters. The minimum Gasteiger partial charge on any atom is -0.325 e. The van der Waals surface area contributed by atoms with E-state index in [1.54, 1.807) is 31.2 Å². The molecular weight excluding hydrogens is 324 g/mol. The van der Waals surface area contributed by atoms with Crippen molar-refractivity contribution in [3.8, 4) is 0 Å². The van der Waals surface area contributed by atoms with E-state index < -0.39 is 5.25 Å². The molecule has 0 saturated heterocycles. The SMILES string of the molecule is CCCn1c(S[C@@H](C)C(=O)Nc2cccc(Cl)c2)n[nH]c1=O. The normalized spacial score (nSPS) is 12.1.